The molecule has 1 N–H and O–H groups in total. The highest BCUT2D eigenvalue weighted by atomic mass is 35.5. The lowest BCUT2D eigenvalue weighted by Gasteiger charge is -2.08. The van der Waals surface area contributed by atoms with Crippen LogP contribution in [0.3, 0.4) is 0 Å². The molecule has 0 bridgehead atoms. The van der Waals surface area contributed by atoms with Gasteiger partial charge in [0.05, 0.1) is 21.1 Å². The smallest absolute Gasteiger partial charge is 0.128 e. The van der Waals surface area contributed by atoms with Gasteiger partial charge in [-0.2, -0.15) is 5.26 Å². The molecular formula is C25H15Cl2FN4. The molecule has 3 heterocycles. The summed E-state index contributed by atoms with van der Waals surface area (Å²) >= 11 is 12.3. The molecule has 4 nitrogen and oxygen atoms in total. The second kappa shape index (κ2) is 8.23. The highest BCUT2D eigenvalue weighted by Crippen LogP contribution is 2.27. The first-order valence-corrected chi connectivity index (χ1v) is 10.6. The average molecular weight is 461 g/mol. The van der Waals surface area contributed by atoms with Crippen molar-refractivity contribution in [3.63, 3.8) is 0 Å². The van der Waals surface area contributed by atoms with E-state index in [0.717, 1.165) is 27.6 Å². The van der Waals surface area contributed by atoms with Crippen molar-refractivity contribution in [1.29, 1.82) is 5.26 Å². The molecule has 0 amide bonds. The number of nitriles is 1. The van der Waals surface area contributed by atoms with Gasteiger partial charge in [0.2, 0.25) is 0 Å². The largest absolute Gasteiger partial charge is 0.360 e. The Balaban J connectivity index is 1.46. The Bertz CT molecular complexity index is 1540. The molecule has 0 radical (unpaired) electrons. The van der Waals surface area contributed by atoms with Crippen LogP contribution in [0.25, 0.3) is 21.8 Å². The molecule has 0 saturated heterocycles. The highest BCUT2D eigenvalue weighted by molar-refractivity contribution is 6.35. The quantitative estimate of drug-likeness (QED) is 0.328. The lowest BCUT2D eigenvalue weighted by atomic mass is 9.99. The van der Waals surface area contributed by atoms with Gasteiger partial charge in [0, 0.05) is 53.4 Å². The van der Waals surface area contributed by atoms with E-state index in [-0.39, 0.29) is 5.82 Å². The fraction of sp³-hybridized carbons (Fsp3) is 0.0800. The monoisotopic (exact) mass is 460 g/mol. The average Bonchev–Trinajstić information content (AvgIpc) is 3.13. The van der Waals surface area contributed by atoms with E-state index in [1.54, 1.807) is 24.5 Å². The fourth-order valence-corrected chi connectivity index (χ4v) is 4.30. The normalized spacial score (nSPS) is 11.2. The van der Waals surface area contributed by atoms with E-state index >= 15 is 0 Å². The molecule has 0 unspecified atom stereocenters. The molecule has 0 saturated carbocycles. The minimum Gasteiger partial charge on any atom is -0.360 e. The molecule has 0 aliphatic carbocycles. The standard InChI is InChI=1S/C25H15Cl2FN4/c26-19-8-17-4-15(5-18(11-29)25(17)32-12-19)7-20-6-14(1-2-30-20)3-16-9-21-22(27)13-31-24(21)10-23(16)28/h1-2,4-6,8-10,12-13,31H,3,7H2. The van der Waals surface area contributed by atoms with Gasteiger partial charge in [0.1, 0.15) is 11.9 Å². The maximum atomic E-state index is 14.6. The Hall–Kier alpha value is -3.46. The Morgan fingerprint density at radius 2 is 1.88 bits per heavy atom. The molecule has 3 aromatic heterocycles. The summed E-state index contributed by atoms with van der Waals surface area (Å²) in [6.07, 6.45) is 5.85. The predicted molar refractivity (Wildman–Crippen MR) is 125 cm³/mol. The van der Waals surface area contributed by atoms with Crippen LogP contribution in [0.2, 0.25) is 10.0 Å². The van der Waals surface area contributed by atoms with E-state index in [1.165, 1.54) is 12.3 Å². The van der Waals surface area contributed by atoms with Gasteiger partial charge in [-0.15, -0.1) is 0 Å². The first kappa shape index (κ1) is 20.4. The third-order valence-electron chi connectivity index (χ3n) is 5.39. The zero-order chi connectivity index (χ0) is 22.2. The van der Waals surface area contributed by atoms with Crippen LogP contribution in [-0.2, 0) is 12.8 Å². The number of pyridine rings is 2. The van der Waals surface area contributed by atoms with Gasteiger partial charge in [-0.05, 0) is 59.2 Å². The third-order valence-corrected chi connectivity index (χ3v) is 5.91. The topological polar surface area (TPSA) is 65.4 Å². The Morgan fingerprint density at radius 1 is 1.00 bits per heavy atom. The first-order valence-electron chi connectivity index (χ1n) is 9.87. The van der Waals surface area contributed by atoms with Gasteiger partial charge in [0.15, 0.2) is 0 Å². The number of H-pyrrole nitrogens is 1. The molecule has 156 valence electrons. The van der Waals surface area contributed by atoms with E-state index in [2.05, 4.69) is 21.0 Å². The van der Waals surface area contributed by atoms with Crippen molar-refractivity contribution >= 4 is 45.0 Å². The molecule has 0 fully saturated rings. The molecule has 7 heteroatoms. The van der Waals surface area contributed by atoms with Crippen molar-refractivity contribution in [3.8, 4) is 6.07 Å². The SMILES string of the molecule is N#Cc1cc(Cc2cc(Cc3cc4c(Cl)c[nH]c4cc3F)ccn2)cc2cc(Cl)cnc12. The van der Waals surface area contributed by atoms with Crippen LogP contribution < -0.4 is 0 Å². The van der Waals surface area contributed by atoms with E-state index < -0.39 is 0 Å². The number of fused-ring (bicyclic) bond motifs is 2. The second-order valence-corrected chi connectivity index (χ2v) is 8.46. The van der Waals surface area contributed by atoms with Gasteiger partial charge < -0.3 is 4.98 Å². The molecule has 2 aromatic carbocycles. The number of halogens is 3. The third kappa shape index (κ3) is 3.91. The van der Waals surface area contributed by atoms with Gasteiger partial charge >= 0.3 is 0 Å². The van der Waals surface area contributed by atoms with Crippen LogP contribution in [0.15, 0.2) is 61.1 Å². The van der Waals surface area contributed by atoms with Crippen LogP contribution in [0.5, 0.6) is 0 Å². The van der Waals surface area contributed by atoms with Gasteiger partial charge in [-0.3, -0.25) is 9.97 Å². The summed E-state index contributed by atoms with van der Waals surface area (Å²) in [6.45, 7) is 0. The Labute approximate surface area is 193 Å². The van der Waals surface area contributed by atoms with Crippen LogP contribution in [0.1, 0.15) is 27.9 Å². The Morgan fingerprint density at radius 3 is 2.72 bits per heavy atom. The second-order valence-electron chi connectivity index (χ2n) is 7.62. The number of benzene rings is 2. The maximum absolute atomic E-state index is 14.6. The van der Waals surface area contributed by atoms with Crippen molar-refractivity contribution in [2.24, 2.45) is 0 Å². The molecule has 0 spiro atoms. The molecule has 0 aliphatic heterocycles. The maximum Gasteiger partial charge on any atom is 0.128 e. The number of hydrogen-bond acceptors (Lipinski definition) is 3. The van der Waals surface area contributed by atoms with Crippen LogP contribution in [0.4, 0.5) is 4.39 Å². The van der Waals surface area contributed by atoms with Crippen LogP contribution in [-0.4, -0.2) is 15.0 Å². The summed E-state index contributed by atoms with van der Waals surface area (Å²) in [7, 11) is 0. The number of nitrogens with one attached hydrogen (secondary N) is 1. The highest BCUT2D eigenvalue weighted by Gasteiger charge is 2.11. The van der Waals surface area contributed by atoms with Crippen molar-refractivity contribution in [2.45, 2.75) is 12.8 Å². The van der Waals surface area contributed by atoms with E-state index in [9.17, 15) is 9.65 Å². The van der Waals surface area contributed by atoms with E-state index in [4.69, 9.17) is 23.2 Å². The summed E-state index contributed by atoms with van der Waals surface area (Å²) in [5.74, 6) is -0.285. The van der Waals surface area contributed by atoms with E-state index in [1.807, 2.05) is 24.3 Å². The fourth-order valence-electron chi connectivity index (χ4n) is 3.93. The lowest BCUT2D eigenvalue weighted by molar-refractivity contribution is 0.615. The number of aromatic amines is 1. The lowest BCUT2D eigenvalue weighted by Crippen LogP contribution is -1.98. The summed E-state index contributed by atoms with van der Waals surface area (Å²) < 4.78 is 14.6. The predicted octanol–water partition coefficient (Wildman–Crippen LogP) is 6.61. The van der Waals surface area contributed by atoms with Crippen molar-refractivity contribution in [1.82, 2.24) is 15.0 Å². The summed E-state index contributed by atoms with van der Waals surface area (Å²) in [5.41, 5.74) is 5.03. The molecular weight excluding hydrogens is 446 g/mol. The Kier molecular flexibility index (Phi) is 5.26. The minimum absolute atomic E-state index is 0.285. The van der Waals surface area contributed by atoms with E-state index in [0.29, 0.717) is 45.0 Å². The zero-order valence-corrected chi connectivity index (χ0v) is 18.2. The summed E-state index contributed by atoms with van der Waals surface area (Å²) in [6, 6.07) is 14.9. The van der Waals surface area contributed by atoms with Crippen LogP contribution >= 0.6 is 23.2 Å². The summed E-state index contributed by atoms with van der Waals surface area (Å²) in [5, 5.41) is 12.2. The number of nitrogens with zero attached hydrogens (tertiary/aromatic N) is 3. The molecule has 0 atom stereocenters. The van der Waals surface area contributed by atoms with Crippen molar-refractivity contribution in [3.05, 3.63) is 105 Å². The van der Waals surface area contributed by atoms with Gasteiger partial charge in [-0.25, -0.2) is 4.39 Å². The molecule has 32 heavy (non-hydrogen) atoms. The minimum atomic E-state index is -0.285. The number of hydrogen-bond donors (Lipinski definition) is 1. The zero-order valence-electron chi connectivity index (χ0n) is 16.7. The van der Waals surface area contributed by atoms with Crippen molar-refractivity contribution in [2.75, 3.05) is 0 Å². The van der Waals surface area contributed by atoms with Gasteiger partial charge in [0.25, 0.3) is 0 Å². The number of aromatic nitrogens is 3. The summed E-state index contributed by atoms with van der Waals surface area (Å²) in [4.78, 5) is 11.7. The number of rotatable bonds is 4. The van der Waals surface area contributed by atoms with Gasteiger partial charge in [-0.1, -0.05) is 23.2 Å². The van der Waals surface area contributed by atoms with Crippen molar-refractivity contribution < 1.29 is 4.39 Å². The molecule has 5 aromatic rings. The molecule has 0 aliphatic rings. The van der Waals surface area contributed by atoms with Crippen LogP contribution in [0, 0.1) is 17.1 Å². The molecule has 5 rings (SSSR count). The first-order chi connectivity index (χ1) is 15.5.